The van der Waals surface area contributed by atoms with Gasteiger partial charge in [0, 0.05) is 5.69 Å². The van der Waals surface area contributed by atoms with E-state index in [0.29, 0.717) is 23.6 Å². The summed E-state index contributed by atoms with van der Waals surface area (Å²) in [6, 6.07) is 12.5. The Morgan fingerprint density at radius 3 is 2.62 bits per heavy atom. The minimum absolute atomic E-state index is 0.292. The van der Waals surface area contributed by atoms with Gasteiger partial charge in [0.2, 0.25) is 0 Å². The van der Waals surface area contributed by atoms with Gasteiger partial charge < -0.3 is 19.9 Å². The molecule has 2 N–H and O–H groups in total. The Hall–Kier alpha value is -2.69. The molecule has 0 aliphatic carbocycles. The van der Waals surface area contributed by atoms with E-state index >= 15 is 0 Å². The number of hydrogen-bond donors (Lipinski definition) is 1. The molecule has 5 heteroatoms. The molecule has 0 aliphatic rings. The van der Waals surface area contributed by atoms with Crippen molar-refractivity contribution in [2.24, 2.45) is 0 Å². The maximum atomic E-state index is 11.6. The highest BCUT2D eigenvalue weighted by Gasteiger charge is 2.11. The SMILES string of the molecule is COC(=O)c1cc(OCc2cccc(OC)c2)ccc1N. The maximum absolute atomic E-state index is 11.6. The van der Waals surface area contributed by atoms with Gasteiger partial charge in [0.1, 0.15) is 18.1 Å². The highest BCUT2D eigenvalue weighted by molar-refractivity contribution is 5.95. The lowest BCUT2D eigenvalue weighted by Gasteiger charge is -2.10. The molecule has 0 radical (unpaired) electrons. The molecule has 2 rings (SSSR count). The highest BCUT2D eigenvalue weighted by atomic mass is 16.5. The van der Waals surface area contributed by atoms with Crippen molar-refractivity contribution < 1.29 is 19.0 Å². The van der Waals surface area contributed by atoms with E-state index in [1.54, 1.807) is 25.3 Å². The van der Waals surface area contributed by atoms with Gasteiger partial charge in [-0.25, -0.2) is 4.79 Å². The lowest BCUT2D eigenvalue weighted by Crippen LogP contribution is -2.06. The molecule has 0 aromatic heterocycles. The topological polar surface area (TPSA) is 70.8 Å². The van der Waals surface area contributed by atoms with Crippen LogP contribution in [0, 0.1) is 0 Å². The summed E-state index contributed by atoms with van der Waals surface area (Å²) >= 11 is 0. The van der Waals surface area contributed by atoms with Gasteiger partial charge >= 0.3 is 5.97 Å². The normalized spacial score (nSPS) is 10.0. The molecule has 0 saturated carbocycles. The molecule has 0 aliphatic heterocycles. The molecule has 2 aromatic rings. The van der Waals surface area contributed by atoms with Crippen molar-refractivity contribution in [3.05, 3.63) is 53.6 Å². The second kappa shape index (κ2) is 6.65. The van der Waals surface area contributed by atoms with Gasteiger partial charge in [-0.1, -0.05) is 12.1 Å². The molecular weight excluding hydrogens is 270 g/mol. The van der Waals surface area contributed by atoms with Crippen LogP contribution >= 0.6 is 0 Å². The van der Waals surface area contributed by atoms with E-state index in [2.05, 4.69) is 4.74 Å². The number of methoxy groups -OCH3 is 2. The number of nitrogen functional groups attached to an aromatic ring is 1. The summed E-state index contributed by atoms with van der Waals surface area (Å²) in [5.74, 6) is 0.829. The number of benzene rings is 2. The third-order valence-corrected chi connectivity index (χ3v) is 2.97. The first-order valence-corrected chi connectivity index (χ1v) is 6.37. The molecule has 0 bridgehead atoms. The molecule has 0 atom stereocenters. The third kappa shape index (κ3) is 3.66. The van der Waals surface area contributed by atoms with Crippen LogP contribution in [0.3, 0.4) is 0 Å². The lowest BCUT2D eigenvalue weighted by molar-refractivity contribution is 0.0601. The van der Waals surface area contributed by atoms with Gasteiger partial charge in [0.05, 0.1) is 19.8 Å². The van der Waals surface area contributed by atoms with Crippen LogP contribution in [0.2, 0.25) is 0 Å². The second-order valence-electron chi connectivity index (χ2n) is 4.38. The van der Waals surface area contributed by atoms with Gasteiger partial charge in [0.15, 0.2) is 0 Å². The summed E-state index contributed by atoms with van der Waals surface area (Å²) in [6.07, 6.45) is 0. The Kier molecular flexibility index (Phi) is 4.66. The zero-order valence-corrected chi connectivity index (χ0v) is 12.0. The number of carbonyl (C=O) groups is 1. The first-order chi connectivity index (χ1) is 10.1. The zero-order valence-electron chi connectivity index (χ0n) is 12.0. The molecule has 21 heavy (non-hydrogen) atoms. The summed E-state index contributed by atoms with van der Waals surface area (Å²) in [5.41, 5.74) is 7.35. The van der Waals surface area contributed by atoms with Crippen LogP contribution < -0.4 is 15.2 Å². The quantitative estimate of drug-likeness (QED) is 0.676. The molecule has 0 amide bonds. The van der Waals surface area contributed by atoms with Crippen molar-refractivity contribution in [3.63, 3.8) is 0 Å². The first-order valence-electron chi connectivity index (χ1n) is 6.37. The van der Waals surface area contributed by atoms with Crippen molar-refractivity contribution in [1.82, 2.24) is 0 Å². The Morgan fingerprint density at radius 2 is 1.90 bits per heavy atom. The minimum Gasteiger partial charge on any atom is -0.497 e. The largest absolute Gasteiger partial charge is 0.497 e. The van der Waals surface area contributed by atoms with Crippen molar-refractivity contribution in [2.45, 2.75) is 6.61 Å². The number of nitrogens with two attached hydrogens (primary N) is 1. The maximum Gasteiger partial charge on any atom is 0.340 e. The van der Waals surface area contributed by atoms with Gasteiger partial charge in [-0.2, -0.15) is 0 Å². The molecular formula is C16H17NO4. The van der Waals surface area contributed by atoms with Crippen LogP contribution in [-0.2, 0) is 11.3 Å². The number of hydrogen-bond acceptors (Lipinski definition) is 5. The standard InChI is InChI=1S/C16H17NO4/c1-19-12-5-3-4-11(8-12)10-21-13-6-7-15(17)14(9-13)16(18)20-2/h3-9H,10,17H2,1-2H3. The number of esters is 1. The predicted octanol–water partition coefficient (Wildman–Crippen LogP) is 2.64. The molecule has 0 saturated heterocycles. The van der Waals surface area contributed by atoms with Crippen LogP contribution in [0.15, 0.2) is 42.5 Å². The van der Waals surface area contributed by atoms with Crippen molar-refractivity contribution in [2.75, 3.05) is 20.0 Å². The average Bonchev–Trinajstić information content (AvgIpc) is 2.53. The van der Waals surface area contributed by atoms with Crippen LogP contribution in [0.25, 0.3) is 0 Å². The molecule has 0 fully saturated rings. The fourth-order valence-electron chi connectivity index (χ4n) is 1.84. The number of rotatable bonds is 5. The lowest BCUT2D eigenvalue weighted by atomic mass is 10.1. The Morgan fingerprint density at radius 1 is 1.10 bits per heavy atom. The fraction of sp³-hybridized carbons (Fsp3) is 0.188. The van der Waals surface area contributed by atoms with Crippen molar-refractivity contribution >= 4 is 11.7 Å². The molecule has 0 spiro atoms. The highest BCUT2D eigenvalue weighted by Crippen LogP contribution is 2.22. The van der Waals surface area contributed by atoms with E-state index in [1.807, 2.05) is 24.3 Å². The van der Waals surface area contributed by atoms with Crippen LogP contribution in [0.1, 0.15) is 15.9 Å². The second-order valence-corrected chi connectivity index (χ2v) is 4.38. The molecule has 0 heterocycles. The summed E-state index contributed by atoms with van der Waals surface area (Å²) in [7, 11) is 2.92. The van der Waals surface area contributed by atoms with E-state index in [-0.39, 0.29) is 0 Å². The van der Waals surface area contributed by atoms with E-state index in [1.165, 1.54) is 7.11 Å². The van der Waals surface area contributed by atoms with Gasteiger partial charge in [-0.15, -0.1) is 0 Å². The van der Waals surface area contributed by atoms with E-state index in [9.17, 15) is 4.79 Å². The van der Waals surface area contributed by atoms with Crippen molar-refractivity contribution in [3.8, 4) is 11.5 Å². The molecule has 5 nitrogen and oxygen atoms in total. The van der Waals surface area contributed by atoms with Gasteiger partial charge in [-0.05, 0) is 35.9 Å². The Labute approximate surface area is 123 Å². The Bertz CT molecular complexity index is 640. The minimum atomic E-state index is -0.487. The van der Waals surface area contributed by atoms with Gasteiger partial charge in [-0.3, -0.25) is 0 Å². The number of ether oxygens (including phenoxy) is 3. The van der Waals surface area contributed by atoms with Crippen LogP contribution in [-0.4, -0.2) is 20.2 Å². The van der Waals surface area contributed by atoms with E-state index in [0.717, 1.165) is 11.3 Å². The Balaban J connectivity index is 2.11. The zero-order chi connectivity index (χ0) is 15.2. The number of anilines is 1. The number of carbonyl (C=O) groups excluding carboxylic acids is 1. The molecule has 2 aromatic carbocycles. The summed E-state index contributed by atoms with van der Waals surface area (Å²) in [5, 5.41) is 0. The fourth-order valence-corrected chi connectivity index (χ4v) is 1.84. The third-order valence-electron chi connectivity index (χ3n) is 2.97. The predicted molar refractivity (Wildman–Crippen MR) is 79.5 cm³/mol. The van der Waals surface area contributed by atoms with Crippen molar-refractivity contribution in [1.29, 1.82) is 0 Å². The smallest absolute Gasteiger partial charge is 0.340 e. The van der Waals surface area contributed by atoms with Crippen LogP contribution in [0.4, 0.5) is 5.69 Å². The monoisotopic (exact) mass is 287 g/mol. The molecule has 0 unspecified atom stereocenters. The van der Waals surface area contributed by atoms with Gasteiger partial charge in [0.25, 0.3) is 0 Å². The summed E-state index contributed by atoms with van der Waals surface area (Å²) in [4.78, 5) is 11.6. The summed E-state index contributed by atoms with van der Waals surface area (Å²) in [6.45, 7) is 0.363. The van der Waals surface area contributed by atoms with E-state index < -0.39 is 5.97 Å². The summed E-state index contributed by atoms with van der Waals surface area (Å²) < 4.78 is 15.5. The van der Waals surface area contributed by atoms with E-state index in [4.69, 9.17) is 15.2 Å². The average molecular weight is 287 g/mol. The first kappa shape index (κ1) is 14.7. The molecule has 110 valence electrons. The van der Waals surface area contributed by atoms with Crippen LogP contribution in [0.5, 0.6) is 11.5 Å².